The van der Waals surface area contributed by atoms with Gasteiger partial charge in [-0.2, -0.15) is 4.98 Å². The molecule has 168 valence electrons. The van der Waals surface area contributed by atoms with Crippen LogP contribution in [0.25, 0.3) is 11.3 Å². The van der Waals surface area contributed by atoms with Gasteiger partial charge in [-0.25, -0.2) is 14.4 Å². The highest BCUT2D eigenvalue weighted by atomic mass is 35.5. The van der Waals surface area contributed by atoms with E-state index in [2.05, 4.69) is 30.6 Å². The molecule has 0 radical (unpaired) electrons. The average Bonchev–Trinajstić information content (AvgIpc) is 3.48. The monoisotopic (exact) mass is 466 g/mol. The van der Waals surface area contributed by atoms with Crippen molar-refractivity contribution in [2.45, 2.75) is 44.1 Å². The number of amides is 1. The summed E-state index contributed by atoms with van der Waals surface area (Å²) in [6.07, 6.45) is 5.66. The predicted molar refractivity (Wildman–Crippen MR) is 117 cm³/mol. The number of aromatic amines is 1. The van der Waals surface area contributed by atoms with Crippen LogP contribution in [0.15, 0.2) is 6.20 Å². The molecule has 10 heteroatoms. The van der Waals surface area contributed by atoms with Crippen LogP contribution in [0.1, 0.15) is 51.3 Å². The first-order chi connectivity index (χ1) is 16.0. The van der Waals surface area contributed by atoms with E-state index in [1.165, 1.54) is 0 Å². The Labute approximate surface area is 193 Å². The van der Waals surface area contributed by atoms with Gasteiger partial charge in [0.2, 0.25) is 11.2 Å². The van der Waals surface area contributed by atoms with Gasteiger partial charge in [0, 0.05) is 48.9 Å². The largest absolute Gasteiger partial charge is 0.417 e. The number of rotatable bonds is 2. The fraction of sp³-hybridized carbons (Fsp3) is 0.391. The summed E-state index contributed by atoms with van der Waals surface area (Å²) >= 11 is 6.09. The van der Waals surface area contributed by atoms with Gasteiger partial charge in [0.1, 0.15) is 0 Å². The van der Waals surface area contributed by atoms with Crippen LogP contribution >= 0.6 is 11.6 Å². The lowest BCUT2D eigenvalue weighted by Crippen LogP contribution is -2.39. The van der Waals surface area contributed by atoms with E-state index < -0.39 is 5.82 Å². The van der Waals surface area contributed by atoms with Gasteiger partial charge in [0.05, 0.1) is 22.5 Å². The summed E-state index contributed by atoms with van der Waals surface area (Å²) < 4.78 is 21.8. The molecule has 5 heterocycles. The van der Waals surface area contributed by atoms with E-state index in [4.69, 9.17) is 16.3 Å². The van der Waals surface area contributed by atoms with Gasteiger partial charge in [-0.05, 0) is 48.4 Å². The summed E-state index contributed by atoms with van der Waals surface area (Å²) in [5.74, 6) is -0.599. The number of carbonyl (C=O) groups excluding carboxylic acids is 1. The molecule has 1 spiro atoms. The van der Waals surface area contributed by atoms with Gasteiger partial charge in [-0.1, -0.05) is 0 Å². The number of hydrogen-bond acceptors (Lipinski definition) is 6. The van der Waals surface area contributed by atoms with Gasteiger partial charge in [0.25, 0.3) is 11.8 Å². The van der Waals surface area contributed by atoms with Gasteiger partial charge >= 0.3 is 0 Å². The van der Waals surface area contributed by atoms with Crippen molar-refractivity contribution < 1.29 is 13.9 Å². The molecule has 1 saturated carbocycles. The molecule has 33 heavy (non-hydrogen) atoms. The second-order valence-electron chi connectivity index (χ2n) is 9.22. The molecule has 4 aliphatic rings. The Hall–Kier alpha value is -3.04. The Morgan fingerprint density at radius 3 is 2.82 bits per heavy atom. The standard InChI is InChI=1S/C23H20ClFN6O2/c24-22-29-13-3-6-26-8-12(13)20(31-22)33-21-16(25)14-10(7-27-21)1-2-11-15-18(30-17(11)14)23(4-5-23)9-28-19(15)32/h7,26,30H,1-6,8-9H2,(H,28,32). The fourth-order valence-electron chi connectivity index (χ4n) is 5.41. The average molecular weight is 467 g/mol. The molecule has 8 nitrogen and oxygen atoms in total. The Kier molecular flexibility index (Phi) is 3.97. The van der Waals surface area contributed by atoms with Crippen LogP contribution in [-0.2, 0) is 31.2 Å². The summed E-state index contributed by atoms with van der Waals surface area (Å²) in [5.41, 5.74) is 5.92. The second-order valence-corrected chi connectivity index (χ2v) is 9.56. The maximum Gasteiger partial charge on any atom is 0.258 e. The number of pyridine rings is 1. The lowest BCUT2D eigenvalue weighted by molar-refractivity contribution is 0.0936. The molecular weight excluding hydrogens is 447 g/mol. The van der Waals surface area contributed by atoms with Crippen molar-refractivity contribution in [3.8, 4) is 23.0 Å². The molecule has 0 unspecified atom stereocenters. The Bertz CT molecular complexity index is 1370. The molecule has 2 aliphatic carbocycles. The number of fused-ring (bicyclic) bond motifs is 7. The Morgan fingerprint density at radius 2 is 1.97 bits per heavy atom. The third-order valence-corrected chi connectivity index (χ3v) is 7.49. The van der Waals surface area contributed by atoms with Crippen LogP contribution in [0, 0.1) is 5.82 Å². The molecule has 0 saturated heterocycles. The van der Waals surface area contributed by atoms with Crippen molar-refractivity contribution in [2.75, 3.05) is 13.1 Å². The molecule has 7 rings (SSSR count). The SMILES string of the molecule is O=C1NCC2(CC2)c2[nH]c3c(c21)CCc1cnc(Oc2nc(Cl)nc4c2CNCC4)c(F)c1-3. The first-order valence-corrected chi connectivity index (χ1v) is 11.6. The zero-order chi connectivity index (χ0) is 22.3. The third kappa shape index (κ3) is 2.78. The Balaban J connectivity index is 1.35. The third-order valence-electron chi connectivity index (χ3n) is 7.32. The van der Waals surface area contributed by atoms with Crippen LogP contribution in [0.3, 0.4) is 0 Å². The molecule has 3 aromatic rings. The number of hydrogen-bond donors (Lipinski definition) is 3. The number of nitrogens with zero attached hydrogens (tertiary/aromatic N) is 3. The number of H-pyrrole nitrogens is 1. The second kappa shape index (κ2) is 6.74. The quantitative estimate of drug-likeness (QED) is 0.501. The number of carbonyl (C=O) groups is 1. The fourth-order valence-corrected chi connectivity index (χ4v) is 5.59. The minimum atomic E-state index is -0.565. The van der Waals surface area contributed by atoms with E-state index in [9.17, 15) is 4.79 Å². The highest BCUT2D eigenvalue weighted by Gasteiger charge is 2.52. The summed E-state index contributed by atoms with van der Waals surface area (Å²) in [6, 6.07) is 0. The first-order valence-electron chi connectivity index (χ1n) is 11.2. The summed E-state index contributed by atoms with van der Waals surface area (Å²) in [7, 11) is 0. The van der Waals surface area contributed by atoms with E-state index in [1.807, 2.05) is 0 Å². The van der Waals surface area contributed by atoms with Gasteiger partial charge in [-0.15, -0.1) is 0 Å². The molecule has 3 aromatic heterocycles. The predicted octanol–water partition coefficient (Wildman–Crippen LogP) is 2.97. The molecule has 0 bridgehead atoms. The Morgan fingerprint density at radius 1 is 1.09 bits per heavy atom. The van der Waals surface area contributed by atoms with Crippen molar-refractivity contribution in [3.63, 3.8) is 0 Å². The summed E-state index contributed by atoms with van der Waals surface area (Å²) in [4.78, 5) is 28.9. The van der Waals surface area contributed by atoms with Crippen molar-refractivity contribution in [1.82, 2.24) is 30.6 Å². The normalized spacial score (nSPS) is 19.3. The van der Waals surface area contributed by atoms with Crippen molar-refractivity contribution in [2.24, 2.45) is 0 Å². The maximum absolute atomic E-state index is 15.9. The van der Waals surface area contributed by atoms with Crippen molar-refractivity contribution in [3.05, 3.63) is 50.9 Å². The van der Waals surface area contributed by atoms with E-state index in [0.29, 0.717) is 49.2 Å². The first kappa shape index (κ1) is 19.4. The summed E-state index contributed by atoms with van der Waals surface area (Å²) in [5, 5.41) is 6.33. The number of aromatic nitrogens is 4. The molecular formula is C23H20ClFN6O2. The highest BCUT2D eigenvalue weighted by Crippen LogP contribution is 2.53. The van der Waals surface area contributed by atoms with Crippen LogP contribution in [0.2, 0.25) is 5.28 Å². The van der Waals surface area contributed by atoms with Crippen LogP contribution in [0.4, 0.5) is 4.39 Å². The van der Waals surface area contributed by atoms with Crippen LogP contribution in [-0.4, -0.2) is 38.9 Å². The highest BCUT2D eigenvalue weighted by molar-refractivity contribution is 6.28. The van der Waals surface area contributed by atoms with Gasteiger partial charge < -0.3 is 20.4 Å². The van der Waals surface area contributed by atoms with Crippen molar-refractivity contribution >= 4 is 17.5 Å². The molecule has 3 N–H and O–H groups in total. The maximum atomic E-state index is 15.9. The number of halogens is 2. The molecule has 0 atom stereocenters. The van der Waals surface area contributed by atoms with E-state index >= 15 is 4.39 Å². The van der Waals surface area contributed by atoms with E-state index in [1.54, 1.807) is 6.20 Å². The number of nitrogens with one attached hydrogen (secondary N) is 3. The molecule has 1 fully saturated rings. The van der Waals surface area contributed by atoms with Crippen LogP contribution in [0.5, 0.6) is 11.8 Å². The van der Waals surface area contributed by atoms with Crippen molar-refractivity contribution in [1.29, 1.82) is 0 Å². The smallest absolute Gasteiger partial charge is 0.258 e. The van der Waals surface area contributed by atoms with E-state index in [-0.39, 0.29) is 28.4 Å². The summed E-state index contributed by atoms with van der Waals surface area (Å²) in [6.45, 7) is 1.92. The molecule has 1 amide bonds. The van der Waals surface area contributed by atoms with E-state index in [0.717, 1.165) is 47.5 Å². The van der Waals surface area contributed by atoms with Crippen LogP contribution < -0.4 is 15.4 Å². The minimum Gasteiger partial charge on any atom is -0.417 e. The molecule has 0 aromatic carbocycles. The molecule has 2 aliphatic heterocycles. The lowest BCUT2D eigenvalue weighted by atomic mass is 9.86. The topological polar surface area (TPSA) is 105 Å². The number of aryl methyl sites for hydroxylation is 1. The lowest BCUT2D eigenvalue weighted by Gasteiger charge is -2.23. The van der Waals surface area contributed by atoms with Gasteiger partial charge in [0.15, 0.2) is 5.82 Å². The minimum absolute atomic E-state index is 0.0344. The zero-order valence-corrected chi connectivity index (χ0v) is 18.4. The van der Waals surface area contributed by atoms with Gasteiger partial charge in [-0.3, -0.25) is 4.79 Å². The number of ether oxygens (including phenoxy) is 1. The zero-order valence-electron chi connectivity index (χ0n) is 17.6.